The highest BCUT2D eigenvalue weighted by molar-refractivity contribution is 8.00. The molecule has 26 heavy (non-hydrogen) atoms. The Labute approximate surface area is 156 Å². The number of para-hydroxylation sites is 1. The molecule has 1 aromatic heterocycles. The summed E-state index contributed by atoms with van der Waals surface area (Å²) in [6.45, 7) is 4.00. The zero-order chi connectivity index (χ0) is 18.6. The molecular formula is C18H18N2O4S2. The van der Waals surface area contributed by atoms with Gasteiger partial charge in [0.2, 0.25) is 5.89 Å². The van der Waals surface area contributed by atoms with E-state index < -0.39 is 10.1 Å². The number of aryl methyl sites for hydroxylation is 2. The van der Waals surface area contributed by atoms with Gasteiger partial charge in [0.15, 0.2) is 0 Å². The van der Waals surface area contributed by atoms with Crippen LogP contribution in [0.2, 0.25) is 0 Å². The van der Waals surface area contributed by atoms with Gasteiger partial charge in [0.25, 0.3) is 5.22 Å². The molecule has 0 unspecified atom stereocenters. The molecule has 0 aliphatic rings. The lowest BCUT2D eigenvalue weighted by Crippen LogP contribution is -2.15. The lowest BCUT2D eigenvalue weighted by Gasteiger charge is -2.05. The van der Waals surface area contributed by atoms with Crippen LogP contribution in [0.1, 0.15) is 11.1 Å². The van der Waals surface area contributed by atoms with E-state index in [1.165, 1.54) is 11.8 Å². The van der Waals surface area contributed by atoms with Crippen LogP contribution in [0.3, 0.4) is 0 Å². The largest absolute Gasteiger partial charge is 0.411 e. The summed E-state index contributed by atoms with van der Waals surface area (Å²) in [6.07, 6.45) is 0. The number of hydrogen-bond donors (Lipinski definition) is 0. The van der Waals surface area contributed by atoms with Crippen molar-refractivity contribution in [2.75, 3.05) is 11.5 Å². The lowest BCUT2D eigenvalue weighted by atomic mass is 10.1. The monoisotopic (exact) mass is 390 g/mol. The smallest absolute Gasteiger partial charge is 0.310 e. The van der Waals surface area contributed by atoms with Crippen LogP contribution in [0.5, 0.6) is 5.75 Å². The second-order valence-corrected chi connectivity index (χ2v) is 8.49. The van der Waals surface area contributed by atoms with Crippen LogP contribution in [0, 0.1) is 13.8 Å². The van der Waals surface area contributed by atoms with E-state index >= 15 is 0 Å². The highest BCUT2D eigenvalue weighted by atomic mass is 32.2. The number of thioether (sulfide) groups is 1. The molecule has 6 nitrogen and oxygen atoms in total. The van der Waals surface area contributed by atoms with E-state index in [0.29, 0.717) is 16.9 Å². The summed E-state index contributed by atoms with van der Waals surface area (Å²) in [5.74, 6) is 0.812. The van der Waals surface area contributed by atoms with Gasteiger partial charge in [0.1, 0.15) is 5.75 Å². The summed E-state index contributed by atoms with van der Waals surface area (Å²) >= 11 is 1.18. The Balaban J connectivity index is 1.58. The maximum atomic E-state index is 12.0. The Kier molecular flexibility index (Phi) is 5.63. The minimum Gasteiger partial charge on any atom is -0.411 e. The number of aromatic nitrogens is 2. The Morgan fingerprint density at radius 1 is 1.04 bits per heavy atom. The molecular weight excluding hydrogens is 372 g/mol. The predicted molar refractivity (Wildman–Crippen MR) is 101 cm³/mol. The Morgan fingerprint density at radius 2 is 1.73 bits per heavy atom. The SMILES string of the molecule is Cc1cc(C)cc(-c2nnc(SCCS(=O)(=O)Oc3ccccc3)o2)c1. The predicted octanol–water partition coefficient (Wildman–Crippen LogP) is 3.85. The van der Waals surface area contributed by atoms with Crippen molar-refractivity contribution in [3.05, 3.63) is 59.7 Å². The summed E-state index contributed by atoms with van der Waals surface area (Å²) in [5, 5.41) is 8.33. The molecule has 2 aromatic carbocycles. The van der Waals surface area contributed by atoms with Crippen molar-refractivity contribution in [3.8, 4) is 17.2 Å². The Morgan fingerprint density at radius 3 is 2.42 bits per heavy atom. The molecule has 0 amide bonds. The summed E-state index contributed by atoms with van der Waals surface area (Å²) in [4.78, 5) is 0. The quantitative estimate of drug-likeness (QED) is 0.447. The van der Waals surface area contributed by atoms with Crippen LogP contribution in [0.25, 0.3) is 11.5 Å². The van der Waals surface area contributed by atoms with Gasteiger partial charge < -0.3 is 8.60 Å². The van der Waals surface area contributed by atoms with E-state index in [1.54, 1.807) is 30.3 Å². The number of nitrogens with zero attached hydrogens (tertiary/aromatic N) is 2. The first-order chi connectivity index (χ1) is 12.4. The first-order valence-electron chi connectivity index (χ1n) is 7.93. The minimum absolute atomic E-state index is 0.159. The topological polar surface area (TPSA) is 82.3 Å². The number of rotatable bonds is 7. The normalized spacial score (nSPS) is 11.5. The van der Waals surface area contributed by atoms with Crippen LogP contribution in [0.15, 0.2) is 58.2 Å². The third-order valence-corrected chi connectivity index (χ3v) is 5.63. The van der Waals surface area contributed by atoms with Crippen LogP contribution >= 0.6 is 11.8 Å². The molecule has 8 heteroatoms. The Hall–Kier alpha value is -2.32. The molecule has 0 N–H and O–H groups in total. The van der Waals surface area contributed by atoms with Gasteiger partial charge in [-0.3, -0.25) is 0 Å². The molecule has 0 aliphatic carbocycles. The molecule has 0 spiro atoms. The van der Waals surface area contributed by atoms with Crippen LogP contribution in [-0.2, 0) is 10.1 Å². The van der Waals surface area contributed by atoms with E-state index in [-0.39, 0.29) is 11.5 Å². The second-order valence-electron chi connectivity index (χ2n) is 5.76. The van der Waals surface area contributed by atoms with Gasteiger partial charge in [-0.2, -0.15) is 8.42 Å². The van der Waals surface area contributed by atoms with Crippen molar-refractivity contribution in [2.24, 2.45) is 0 Å². The molecule has 0 aliphatic heterocycles. The van der Waals surface area contributed by atoms with Gasteiger partial charge in [0, 0.05) is 11.3 Å². The standard InChI is InChI=1S/C18H18N2O4S2/c1-13-10-14(2)12-15(11-13)17-19-20-18(23-17)25-8-9-26(21,22)24-16-6-4-3-5-7-16/h3-7,10-12H,8-9H2,1-2H3. The van der Waals surface area contributed by atoms with Crippen molar-refractivity contribution < 1.29 is 17.0 Å². The molecule has 0 saturated carbocycles. The van der Waals surface area contributed by atoms with E-state index in [1.807, 2.05) is 26.0 Å². The third kappa shape index (κ3) is 5.09. The van der Waals surface area contributed by atoms with E-state index in [9.17, 15) is 8.42 Å². The fourth-order valence-electron chi connectivity index (χ4n) is 2.38. The molecule has 0 saturated heterocycles. The number of benzene rings is 2. The fraction of sp³-hybridized carbons (Fsp3) is 0.222. The highest BCUT2D eigenvalue weighted by Gasteiger charge is 2.15. The molecule has 3 rings (SSSR count). The van der Waals surface area contributed by atoms with E-state index in [4.69, 9.17) is 8.60 Å². The molecule has 0 radical (unpaired) electrons. The molecule has 0 fully saturated rings. The van der Waals surface area contributed by atoms with Crippen molar-refractivity contribution in [1.29, 1.82) is 0 Å². The first kappa shape index (κ1) is 18.5. The fourth-order valence-corrected chi connectivity index (χ4v) is 4.43. The number of hydrogen-bond acceptors (Lipinski definition) is 7. The van der Waals surface area contributed by atoms with E-state index in [0.717, 1.165) is 16.7 Å². The van der Waals surface area contributed by atoms with Crippen molar-refractivity contribution in [2.45, 2.75) is 19.1 Å². The van der Waals surface area contributed by atoms with Crippen molar-refractivity contribution in [3.63, 3.8) is 0 Å². The minimum atomic E-state index is -3.67. The Bertz CT molecular complexity index is 965. The van der Waals surface area contributed by atoms with Crippen LogP contribution in [-0.4, -0.2) is 30.1 Å². The summed E-state index contributed by atoms with van der Waals surface area (Å²) in [7, 11) is -3.67. The molecule has 0 bridgehead atoms. The molecule has 3 aromatic rings. The van der Waals surface area contributed by atoms with Gasteiger partial charge in [-0.05, 0) is 38.1 Å². The zero-order valence-electron chi connectivity index (χ0n) is 14.4. The van der Waals surface area contributed by atoms with Crippen molar-refractivity contribution >= 4 is 21.9 Å². The summed E-state index contributed by atoms with van der Waals surface area (Å²) < 4.78 is 34.6. The maximum absolute atomic E-state index is 12.0. The third-order valence-electron chi connectivity index (χ3n) is 3.40. The van der Waals surface area contributed by atoms with Crippen molar-refractivity contribution in [1.82, 2.24) is 10.2 Å². The first-order valence-corrected chi connectivity index (χ1v) is 10.5. The van der Waals surface area contributed by atoms with Gasteiger partial charge in [0.05, 0.1) is 5.75 Å². The maximum Gasteiger partial charge on any atom is 0.310 e. The summed E-state index contributed by atoms with van der Waals surface area (Å²) in [5.41, 5.74) is 3.06. The van der Waals surface area contributed by atoms with Gasteiger partial charge in [-0.15, -0.1) is 10.2 Å². The average Bonchev–Trinajstić information content (AvgIpc) is 3.03. The van der Waals surface area contributed by atoms with Crippen LogP contribution in [0.4, 0.5) is 0 Å². The van der Waals surface area contributed by atoms with E-state index in [2.05, 4.69) is 16.3 Å². The summed E-state index contributed by atoms with van der Waals surface area (Å²) in [6, 6.07) is 14.4. The molecule has 1 heterocycles. The molecule has 136 valence electrons. The zero-order valence-corrected chi connectivity index (χ0v) is 16.0. The second kappa shape index (κ2) is 7.92. The van der Waals surface area contributed by atoms with Gasteiger partial charge in [-0.1, -0.05) is 47.2 Å². The molecule has 0 atom stereocenters. The highest BCUT2D eigenvalue weighted by Crippen LogP contribution is 2.25. The van der Waals surface area contributed by atoms with Gasteiger partial charge in [-0.25, -0.2) is 0 Å². The lowest BCUT2D eigenvalue weighted by molar-refractivity contribution is 0.466. The van der Waals surface area contributed by atoms with Crippen LogP contribution < -0.4 is 4.18 Å². The van der Waals surface area contributed by atoms with Gasteiger partial charge >= 0.3 is 10.1 Å². The average molecular weight is 390 g/mol.